The number of hydrogen-bond donors (Lipinski definition) is 2. The lowest BCUT2D eigenvalue weighted by Gasteiger charge is -2.12. The largest absolute Gasteiger partial charge is 0.489 e. The molecule has 2 rings (SSSR count). The zero-order valence-electron chi connectivity index (χ0n) is 12.0. The number of benzene rings is 2. The van der Waals surface area contributed by atoms with Gasteiger partial charge in [0, 0.05) is 5.56 Å². The minimum absolute atomic E-state index is 0.0376. The SMILES string of the molecule is Cc1cc(NN)cc(F)c1COc1ccc(OS(=O)(=O)F)cc1. The monoisotopic (exact) mass is 344 g/mol. The van der Waals surface area contributed by atoms with Crippen LogP contribution in [0.1, 0.15) is 11.1 Å². The number of halogens is 2. The van der Waals surface area contributed by atoms with Crippen molar-refractivity contribution < 1.29 is 25.6 Å². The number of ether oxygens (including phenoxy) is 1. The summed E-state index contributed by atoms with van der Waals surface area (Å²) < 4.78 is 56.5. The zero-order valence-corrected chi connectivity index (χ0v) is 12.9. The Morgan fingerprint density at radius 3 is 2.30 bits per heavy atom. The van der Waals surface area contributed by atoms with E-state index < -0.39 is 16.3 Å². The van der Waals surface area contributed by atoms with Crippen LogP contribution in [0.3, 0.4) is 0 Å². The average molecular weight is 344 g/mol. The van der Waals surface area contributed by atoms with Crippen LogP contribution < -0.4 is 20.2 Å². The minimum atomic E-state index is -5.07. The molecule has 0 heterocycles. The Morgan fingerprint density at radius 1 is 1.17 bits per heavy atom. The highest BCUT2D eigenvalue weighted by Crippen LogP contribution is 2.23. The second kappa shape index (κ2) is 6.80. The van der Waals surface area contributed by atoms with Gasteiger partial charge in [0.2, 0.25) is 0 Å². The molecule has 9 heteroatoms. The van der Waals surface area contributed by atoms with Gasteiger partial charge in [-0.2, -0.15) is 8.42 Å². The lowest BCUT2D eigenvalue weighted by molar-refractivity contribution is 0.298. The van der Waals surface area contributed by atoms with Crippen LogP contribution in [0, 0.1) is 12.7 Å². The summed E-state index contributed by atoms with van der Waals surface area (Å²) in [6.07, 6.45) is 0. The maximum Gasteiger partial charge on any atom is 0.488 e. The Balaban J connectivity index is 2.07. The number of hydrogen-bond acceptors (Lipinski definition) is 6. The number of aryl methyl sites for hydroxylation is 1. The standard InChI is InChI=1S/C14H14F2N2O4S/c1-9-6-10(18-17)7-14(15)13(9)8-21-11-2-4-12(5-3-11)22-23(16,19)20/h2-7,18H,8,17H2,1H3. The van der Waals surface area contributed by atoms with Crippen LogP contribution >= 0.6 is 0 Å². The Bertz CT molecular complexity index is 772. The molecule has 0 atom stereocenters. The van der Waals surface area contributed by atoms with Gasteiger partial charge in [0.15, 0.2) is 0 Å². The predicted octanol–water partition coefficient (Wildman–Crippen LogP) is 2.59. The van der Waals surface area contributed by atoms with Gasteiger partial charge in [-0.25, -0.2) is 4.39 Å². The van der Waals surface area contributed by atoms with Crippen LogP contribution in [0.2, 0.25) is 0 Å². The summed E-state index contributed by atoms with van der Waals surface area (Å²) in [4.78, 5) is 0. The van der Waals surface area contributed by atoms with Crippen molar-refractivity contribution in [2.45, 2.75) is 13.5 Å². The van der Waals surface area contributed by atoms with Gasteiger partial charge in [-0.3, -0.25) is 5.84 Å². The molecule has 0 aliphatic rings. The minimum Gasteiger partial charge on any atom is -0.489 e. The van der Waals surface area contributed by atoms with Crippen molar-refractivity contribution in [3.8, 4) is 11.5 Å². The Labute approximate surface area is 132 Å². The molecule has 23 heavy (non-hydrogen) atoms. The summed E-state index contributed by atoms with van der Waals surface area (Å²) in [5.74, 6) is 4.91. The molecular weight excluding hydrogens is 330 g/mol. The molecule has 0 saturated carbocycles. The van der Waals surface area contributed by atoms with E-state index in [-0.39, 0.29) is 12.4 Å². The Hall–Kier alpha value is -2.39. The maximum atomic E-state index is 13.9. The van der Waals surface area contributed by atoms with Crippen molar-refractivity contribution in [2.24, 2.45) is 5.84 Å². The summed E-state index contributed by atoms with van der Waals surface area (Å²) in [7, 11) is -5.07. The number of nitrogens with two attached hydrogens (primary N) is 1. The van der Waals surface area contributed by atoms with Crippen molar-refractivity contribution in [2.75, 3.05) is 5.43 Å². The maximum absolute atomic E-state index is 13.9. The van der Waals surface area contributed by atoms with Crippen LogP contribution in [0.25, 0.3) is 0 Å². The molecule has 3 N–H and O–H groups in total. The van der Waals surface area contributed by atoms with Crippen LogP contribution in [0.15, 0.2) is 36.4 Å². The van der Waals surface area contributed by atoms with E-state index in [1.54, 1.807) is 13.0 Å². The molecular formula is C14H14F2N2O4S. The van der Waals surface area contributed by atoms with E-state index in [2.05, 4.69) is 9.61 Å². The van der Waals surface area contributed by atoms with Crippen molar-refractivity contribution in [3.63, 3.8) is 0 Å². The number of rotatable bonds is 6. The number of anilines is 1. The number of nitrogen functional groups attached to an aromatic ring is 1. The highest BCUT2D eigenvalue weighted by atomic mass is 32.3. The summed E-state index contributed by atoms with van der Waals surface area (Å²) in [5.41, 5.74) is 3.81. The molecule has 0 fully saturated rings. The first-order valence-electron chi connectivity index (χ1n) is 6.41. The molecule has 0 bridgehead atoms. The smallest absolute Gasteiger partial charge is 0.488 e. The van der Waals surface area contributed by atoms with E-state index in [0.717, 1.165) is 0 Å². The first kappa shape index (κ1) is 17.0. The van der Waals surface area contributed by atoms with Gasteiger partial charge in [-0.1, -0.05) is 3.89 Å². The van der Waals surface area contributed by atoms with Crippen LogP contribution in [-0.2, 0) is 17.1 Å². The summed E-state index contributed by atoms with van der Waals surface area (Å²) in [5, 5.41) is 0. The van der Waals surface area contributed by atoms with Crippen LogP contribution in [0.5, 0.6) is 11.5 Å². The fraction of sp³-hybridized carbons (Fsp3) is 0.143. The van der Waals surface area contributed by atoms with Gasteiger partial charge in [0.25, 0.3) is 0 Å². The van der Waals surface area contributed by atoms with Crippen molar-refractivity contribution >= 4 is 16.2 Å². The van der Waals surface area contributed by atoms with Crippen LogP contribution in [0.4, 0.5) is 14.0 Å². The first-order chi connectivity index (χ1) is 10.8. The molecule has 0 aliphatic carbocycles. The number of hydrazine groups is 1. The third-order valence-electron chi connectivity index (χ3n) is 2.99. The Kier molecular flexibility index (Phi) is 5.02. The molecule has 0 radical (unpaired) electrons. The predicted molar refractivity (Wildman–Crippen MR) is 80.4 cm³/mol. The molecule has 0 amide bonds. The van der Waals surface area contributed by atoms with E-state index in [0.29, 0.717) is 22.6 Å². The van der Waals surface area contributed by atoms with Gasteiger partial charge < -0.3 is 14.3 Å². The molecule has 0 saturated heterocycles. The molecule has 124 valence electrons. The third-order valence-corrected chi connectivity index (χ3v) is 3.38. The van der Waals surface area contributed by atoms with E-state index in [9.17, 15) is 16.7 Å². The van der Waals surface area contributed by atoms with Gasteiger partial charge in [-0.05, 0) is 48.9 Å². The lowest BCUT2D eigenvalue weighted by atomic mass is 10.1. The normalized spacial score (nSPS) is 11.1. The van der Waals surface area contributed by atoms with Gasteiger partial charge >= 0.3 is 10.5 Å². The molecule has 0 aliphatic heterocycles. The molecule has 0 aromatic heterocycles. The molecule has 2 aromatic rings. The second-order valence-corrected chi connectivity index (χ2v) is 5.59. The first-order valence-corrected chi connectivity index (χ1v) is 7.72. The topological polar surface area (TPSA) is 90.7 Å². The Morgan fingerprint density at radius 2 is 1.78 bits per heavy atom. The van der Waals surface area contributed by atoms with Gasteiger partial charge in [0.05, 0.1) is 5.69 Å². The van der Waals surface area contributed by atoms with Crippen molar-refractivity contribution in [1.29, 1.82) is 0 Å². The van der Waals surface area contributed by atoms with E-state index >= 15 is 0 Å². The summed E-state index contributed by atoms with van der Waals surface area (Å²) in [6, 6.07) is 8.11. The highest BCUT2D eigenvalue weighted by Gasteiger charge is 2.11. The van der Waals surface area contributed by atoms with Crippen molar-refractivity contribution in [1.82, 2.24) is 0 Å². The third kappa shape index (κ3) is 4.80. The summed E-state index contributed by atoms with van der Waals surface area (Å²) in [6.45, 7) is 1.68. The van der Waals surface area contributed by atoms with E-state index in [1.807, 2.05) is 0 Å². The molecule has 2 aromatic carbocycles. The molecule has 0 unspecified atom stereocenters. The molecule has 6 nitrogen and oxygen atoms in total. The van der Waals surface area contributed by atoms with Crippen LogP contribution in [-0.4, -0.2) is 8.42 Å². The number of nitrogens with one attached hydrogen (secondary N) is 1. The fourth-order valence-electron chi connectivity index (χ4n) is 1.90. The second-order valence-electron chi connectivity index (χ2n) is 4.63. The van der Waals surface area contributed by atoms with Crippen molar-refractivity contribution in [3.05, 3.63) is 53.3 Å². The van der Waals surface area contributed by atoms with E-state index in [4.69, 9.17) is 10.6 Å². The molecule has 0 spiro atoms. The summed E-state index contributed by atoms with van der Waals surface area (Å²) >= 11 is 0. The average Bonchev–Trinajstić information content (AvgIpc) is 2.46. The fourth-order valence-corrected chi connectivity index (χ4v) is 2.24. The van der Waals surface area contributed by atoms with Gasteiger partial charge in [0.1, 0.15) is 23.9 Å². The zero-order chi connectivity index (χ0) is 17.0. The van der Waals surface area contributed by atoms with Gasteiger partial charge in [-0.15, -0.1) is 0 Å². The lowest BCUT2D eigenvalue weighted by Crippen LogP contribution is -2.09. The highest BCUT2D eigenvalue weighted by molar-refractivity contribution is 7.81. The van der Waals surface area contributed by atoms with E-state index in [1.165, 1.54) is 30.3 Å². The quantitative estimate of drug-likeness (QED) is 0.475.